The van der Waals surface area contributed by atoms with Gasteiger partial charge < -0.3 is 21.1 Å². The van der Waals surface area contributed by atoms with E-state index in [1.165, 1.54) is 44.1 Å². The minimum absolute atomic E-state index is 0.114. The third kappa shape index (κ3) is 4.18. The van der Waals surface area contributed by atoms with E-state index in [0.29, 0.717) is 18.4 Å². The highest BCUT2D eigenvalue weighted by atomic mass is 35.5. The molecule has 5 nitrogen and oxygen atoms in total. The molecule has 0 amide bonds. The zero-order valence-corrected chi connectivity index (χ0v) is 20.3. The fourth-order valence-corrected chi connectivity index (χ4v) is 7.96. The predicted octanol–water partition coefficient (Wildman–Crippen LogP) is 6.03. The first-order valence-corrected chi connectivity index (χ1v) is 13.2. The lowest BCUT2D eigenvalue weighted by Crippen LogP contribution is -2.48. The van der Waals surface area contributed by atoms with Crippen LogP contribution in [0.2, 0.25) is 5.02 Å². The second-order valence-corrected chi connectivity index (χ2v) is 11.7. The van der Waals surface area contributed by atoms with E-state index in [9.17, 15) is 9.90 Å². The molecule has 4 N–H and O–H groups in total. The quantitative estimate of drug-likeness (QED) is 0.407. The number of piperidine rings is 1. The van der Waals surface area contributed by atoms with Crippen LogP contribution in [0, 0.1) is 23.7 Å². The fraction of sp³-hybridized carbons (Fsp3) is 0.536. The van der Waals surface area contributed by atoms with E-state index in [-0.39, 0.29) is 12.0 Å². The number of halogens is 1. The van der Waals surface area contributed by atoms with Crippen LogP contribution in [0.4, 0.5) is 17.1 Å². The Morgan fingerprint density at radius 2 is 1.62 bits per heavy atom. The van der Waals surface area contributed by atoms with Crippen molar-refractivity contribution in [3.63, 3.8) is 0 Å². The van der Waals surface area contributed by atoms with Crippen LogP contribution >= 0.6 is 11.6 Å². The summed E-state index contributed by atoms with van der Waals surface area (Å²) in [6.45, 7) is 1.41. The Morgan fingerprint density at radius 3 is 2.24 bits per heavy atom. The summed E-state index contributed by atoms with van der Waals surface area (Å²) in [6, 6.07) is 14.6. The first-order chi connectivity index (χ1) is 16.5. The van der Waals surface area contributed by atoms with Crippen molar-refractivity contribution >= 4 is 34.6 Å². The topological polar surface area (TPSA) is 73.4 Å². The largest absolute Gasteiger partial charge is 0.481 e. The van der Waals surface area contributed by atoms with Gasteiger partial charge in [-0.05, 0) is 117 Å². The molecule has 2 aromatic rings. The van der Waals surface area contributed by atoms with Gasteiger partial charge in [0.2, 0.25) is 0 Å². The molecule has 6 heteroatoms. The Morgan fingerprint density at radius 1 is 0.971 bits per heavy atom. The molecule has 4 bridgehead atoms. The van der Waals surface area contributed by atoms with Crippen molar-refractivity contribution in [3.8, 4) is 0 Å². The van der Waals surface area contributed by atoms with Crippen molar-refractivity contribution < 1.29 is 9.90 Å². The zero-order chi connectivity index (χ0) is 23.3. The molecule has 2 atom stereocenters. The average molecular weight is 480 g/mol. The Bertz CT molecular complexity index is 1030. The number of rotatable bonds is 6. The van der Waals surface area contributed by atoms with E-state index in [1.54, 1.807) is 0 Å². The molecule has 5 aliphatic rings. The standard InChI is InChI=1S/C28H34ClN3O2/c29-24-12-20(28-13-17-9-18(14-28)11-19(10-17)15-28)1-6-25(24)31-21-2-4-22(5-3-21)32-26-16-30-8-7-23(26)27(33)34/h1-6,12,17-19,23,26,30-32H,7-11,13-16H2,(H,33,34). The lowest BCUT2D eigenvalue weighted by molar-refractivity contribution is -0.142. The van der Waals surface area contributed by atoms with Gasteiger partial charge >= 0.3 is 5.97 Å². The third-order valence-electron chi connectivity index (χ3n) is 8.93. The summed E-state index contributed by atoms with van der Waals surface area (Å²) in [5, 5.41) is 20.4. The molecule has 1 aliphatic heterocycles. The molecule has 0 spiro atoms. The molecular formula is C28H34ClN3O2. The van der Waals surface area contributed by atoms with Crippen LogP contribution in [0.5, 0.6) is 0 Å². The maximum Gasteiger partial charge on any atom is 0.308 e. The Kier molecular flexibility index (Phi) is 5.73. The molecule has 1 saturated heterocycles. The summed E-state index contributed by atoms with van der Waals surface area (Å²) in [5.74, 6) is 1.66. The molecule has 1 heterocycles. The highest BCUT2D eigenvalue weighted by molar-refractivity contribution is 6.33. The summed E-state index contributed by atoms with van der Waals surface area (Å²) < 4.78 is 0. The number of nitrogens with one attached hydrogen (secondary N) is 3. The van der Waals surface area contributed by atoms with E-state index in [1.807, 2.05) is 24.3 Å². The third-order valence-corrected chi connectivity index (χ3v) is 9.25. The Labute approximate surface area is 206 Å². The second kappa shape index (κ2) is 8.76. The van der Waals surface area contributed by atoms with E-state index in [2.05, 4.69) is 34.1 Å². The average Bonchev–Trinajstić information content (AvgIpc) is 2.81. The van der Waals surface area contributed by atoms with Crippen LogP contribution in [-0.4, -0.2) is 30.2 Å². The number of carboxylic acid groups (broad SMARTS) is 1. The highest BCUT2D eigenvalue weighted by Gasteiger charge is 2.51. The number of benzene rings is 2. The molecule has 4 aliphatic carbocycles. The Hall–Kier alpha value is -2.24. The van der Waals surface area contributed by atoms with Crippen molar-refractivity contribution in [1.29, 1.82) is 0 Å². The van der Waals surface area contributed by atoms with Gasteiger partial charge in [-0.15, -0.1) is 0 Å². The fourth-order valence-electron chi connectivity index (χ4n) is 7.74. The maximum atomic E-state index is 11.6. The predicted molar refractivity (Wildman–Crippen MR) is 137 cm³/mol. The lowest BCUT2D eigenvalue weighted by atomic mass is 9.48. The molecule has 2 unspecified atom stereocenters. The van der Waals surface area contributed by atoms with Gasteiger partial charge in [-0.3, -0.25) is 4.79 Å². The molecule has 7 rings (SSSR count). The molecule has 2 aromatic carbocycles. The van der Waals surface area contributed by atoms with E-state index < -0.39 is 5.97 Å². The van der Waals surface area contributed by atoms with E-state index in [0.717, 1.165) is 46.4 Å². The molecule has 180 valence electrons. The second-order valence-electron chi connectivity index (χ2n) is 11.3. The van der Waals surface area contributed by atoms with Crippen molar-refractivity contribution in [2.24, 2.45) is 23.7 Å². The minimum atomic E-state index is -0.732. The van der Waals surface area contributed by atoms with Gasteiger partial charge in [0, 0.05) is 17.9 Å². The monoisotopic (exact) mass is 479 g/mol. The van der Waals surface area contributed by atoms with Crippen LogP contribution in [-0.2, 0) is 10.2 Å². The summed E-state index contributed by atoms with van der Waals surface area (Å²) in [6.07, 6.45) is 9.02. The highest BCUT2D eigenvalue weighted by Crippen LogP contribution is 2.61. The van der Waals surface area contributed by atoms with Crippen molar-refractivity contribution in [3.05, 3.63) is 53.1 Å². The van der Waals surface area contributed by atoms with Crippen LogP contribution < -0.4 is 16.0 Å². The molecule has 34 heavy (non-hydrogen) atoms. The first-order valence-electron chi connectivity index (χ1n) is 12.8. The number of aliphatic carboxylic acids is 1. The number of hydrogen-bond donors (Lipinski definition) is 4. The minimum Gasteiger partial charge on any atom is -0.481 e. The SMILES string of the molecule is O=C(O)C1CCNCC1Nc1ccc(Nc2ccc(C34CC5CC(CC(C5)C3)C4)cc2Cl)cc1. The summed E-state index contributed by atoms with van der Waals surface area (Å²) in [4.78, 5) is 11.6. The van der Waals surface area contributed by atoms with Crippen molar-refractivity contribution in [2.75, 3.05) is 23.7 Å². The van der Waals surface area contributed by atoms with Gasteiger partial charge in [0.15, 0.2) is 0 Å². The number of hydrogen-bond acceptors (Lipinski definition) is 4. The summed E-state index contributed by atoms with van der Waals surface area (Å²) in [5.41, 5.74) is 4.61. The molecular weight excluding hydrogens is 446 g/mol. The number of anilines is 3. The van der Waals surface area contributed by atoms with E-state index >= 15 is 0 Å². The van der Waals surface area contributed by atoms with Gasteiger partial charge in [-0.1, -0.05) is 17.7 Å². The Balaban J connectivity index is 1.14. The molecule has 0 aromatic heterocycles. The summed E-state index contributed by atoms with van der Waals surface area (Å²) in [7, 11) is 0. The van der Waals surface area contributed by atoms with Gasteiger partial charge in [-0.25, -0.2) is 0 Å². The lowest BCUT2D eigenvalue weighted by Gasteiger charge is -2.57. The number of carbonyl (C=O) groups is 1. The number of carboxylic acids is 1. The smallest absolute Gasteiger partial charge is 0.308 e. The van der Waals surface area contributed by atoms with Gasteiger partial charge in [0.05, 0.1) is 22.7 Å². The van der Waals surface area contributed by atoms with Crippen LogP contribution in [0.3, 0.4) is 0 Å². The molecule has 4 saturated carbocycles. The van der Waals surface area contributed by atoms with Crippen LogP contribution in [0.15, 0.2) is 42.5 Å². The molecule has 0 radical (unpaired) electrons. The maximum absolute atomic E-state index is 11.6. The zero-order valence-electron chi connectivity index (χ0n) is 19.5. The van der Waals surface area contributed by atoms with Crippen molar-refractivity contribution in [1.82, 2.24) is 5.32 Å². The van der Waals surface area contributed by atoms with Gasteiger partial charge in [0.25, 0.3) is 0 Å². The van der Waals surface area contributed by atoms with Crippen LogP contribution in [0.1, 0.15) is 50.5 Å². The normalized spacial score (nSPS) is 34.1. The first kappa shape index (κ1) is 22.2. The van der Waals surface area contributed by atoms with Crippen molar-refractivity contribution in [2.45, 2.75) is 56.4 Å². The molecule has 5 fully saturated rings. The van der Waals surface area contributed by atoms with Crippen LogP contribution in [0.25, 0.3) is 0 Å². The van der Waals surface area contributed by atoms with Gasteiger partial charge in [-0.2, -0.15) is 0 Å². The van der Waals surface area contributed by atoms with E-state index in [4.69, 9.17) is 11.6 Å². The summed E-state index contributed by atoms with van der Waals surface area (Å²) >= 11 is 6.79. The van der Waals surface area contributed by atoms with Gasteiger partial charge in [0.1, 0.15) is 0 Å².